The van der Waals surface area contributed by atoms with Crippen molar-refractivity contribution in [2.24, 2.45) is 5.92 Å². The van der Waals surface area contributed by atoms with Crippen LogP contribution in [0.5, 0.6) is 5.75 Å². The van der Waals surface area contributed by atoms with Crippen LogP contribution in [0.3, 0.4) is 0 Å². The number of carbonyl (C=O) groups is 2. The lowest BCUT2D eigenvalue weighted by Crippen LogP contribution is -2.37. The lowest BCUT2D eigenvalue weighted by atomic mass is 9.95. The van der Waals surface area contributed by atoms with Gasteiger partial charge < -0.3 is 20.7 Å². The molecule has 2 amide bonds. The molecule has 0 radical (unpaired) electrons. The van der Waals surface area contributed by atoms with E-state index in [1.165, 1.54) is 17.7 Å². The number of rotatable bonds is 6. The number of nitrogens with one attached hydrogen (secondary N) is 3. The van der Waals surface area contributed by atoms with Gasteiger partial charge in [-0.15, -0.1) is 0 Å². The van der Waals surface area contributed by atoms with Gasteiger partial charge in [-0.1, -0.05) is 36.4 Å². The van der Waals surface area contributed by atoms with Crippen LogP contribution in [0.4, 0.5) is 11.4 Å². The number of benzene rings is 3. The van der Waals surface area contributed by atoms with Crippen LogP contribution in [-0.2, 0) is 11.3 Å². The SMILES string of the molecule is O=C(Nc1ccc(O)cc1NC(=O)C1CCN(Cc2ccccc2)CC1)c1ccc2cc[nH]c2c1. The number of piperidine rings is 1. The summed E-state index contributed by atoms with van der Waals surface area (Å²) in [6.45, 7) is 2.57. The van der Waals surface area contributed by atoms with E-state index in [1.54, 1.807) is 18.2 Å². The number of aromatic amines is 1. The molecule has 5 rings (SSSR count). The third-order valence-electron chi connectivity index (χ3n) is 6.53. The number of amides is 2. The molecule has 35 heavy (non-hydrogen) atoms. The zero-order valence-corrected chi connectivity index (χ0v) is 19.3. The van der Waals surface area contributed by atoms with E-state index in [0.29, 0.717) is 16.9 Å². The Morgan fingerprint density at radius 3 is 2.51 bits per heavy atom. The Morgan fingerprint density at radius 1 is 0.914 bits per heavy atom. The first kappa shape index (κ1) is 22.7. The number of anilines is 2. The summed E-state index contributed by atoms with van der Waals surface area (Å²) in [4.78, 5) is 31.4. The first-order valence-corrected chi connectivity index (χ1v) is 11.8. The van der Waals surface area contributed by atoms with Gasteiger partial charge in [-0.2, -0.15) is 0 Å². The van der Waals surface area contributed by atoms with Crippen LogP contribution in [0.2, 0.25) is 0 Å². The summed E-state index contributed by atoms with van der Waals surface area (Å²) in [5.74, 6) is -0.498. The van der Waals surface area contributed by atoms with Crippen molar-refractivity contribution in [1.29, 1.82) is 0 Å². The van der Waals surface area contributed by atoms with Crippen molar-refractivity contribution in [3.05, 3.63) is 90.1 Å². The second-order valence-corrected chi connectivity index (χ2v) is 8.99. The molecule has 1 aromatic heterocycles. The van der Waals surface area contributed by atoms with Gasteiger partial charge in [-0.05, 0) is 67.2 Å². The molecule has 0 unspecified atom stereocenters. The van der Waals surface area contributed by atoms with Crippen LogP contribution in [-0.4, -0.2) is 39.9 Å². The van der Waals surface area contributed by atoms with Gasteiger partial charge in [0, 0.05) is 35.8 Å². The molecule has 7 nitrogen and oxygen atoms in total. The molecular weight excluding hydrogens is 440 g/mol. The molecule has 1 fully saturated rings. The van der Waals surface area contributed by atoms with E-state index in [4.69, 9.17) is 0 Å². The molecule has 1 saturated heterocycles. The van der Waals surface area contributed by atoms with Gasteiger partial charge in [-0.25, -0.2) is 0 Å². The first-order chi connectivity index (χ1) is 17.0. The van der Waals surface area contributed by atoms with Gasteiger partial charge in [0.05, 0.1) is 11.4 Å². The summed E-state index contributed by atoms with van der Waals surface area (Å²) in [6.07, 6.45) is 3.34. The first-order valence-electron chi connectivity index (χ1n) is 11.8. The predicted octanol–water partition coefficient (Wildman–Crippen LogP) is 4.98. The van der Waals surface area contributed by atoms with E-state index < -0.39 is 0 Å². The number of aromatic hydroxyl groups is 1. The molecular formula is C28H28N4O3. The Balaban J connectivity index is 1.22. The Bertz CT molecular complexity index is 1340. The molecule has 4 N–H and O–H groups in total. The van der Waals surface area contributed by atoms with Crippen LogP contribution in [0.25, 0.3) is 10.9 Å². The van der Waals surface area contributed by atoms with Crippen molar-refractivity contribution in [1.82, 2.24) is 9.88 Å². The second-order valence-electron chi connectivity index (χ2n) is 8.99. The molecule has 3 aromatic carbocycles. The van der Waals surface area contributed by atoms with Gasteiger partial charge in [-0.3, -0.25) is 14.5 Å². The lowest BCUT2D eigenvalue weighted by molar-refractivity contribution is -0.121. The van der Waals surface area contributed by atoms with Crippen LogP contribution in [0.1, 0.15) is 28.8 Å². The van der Waals surface area contributed by atoms with Gasteiger partial charge in [0.15, 0.2) is 0 Å². The average molecular weight is 469 g/mol. The number of phenolic OH excluding ortho intramolecular Hbond substituents is 1. The van der Waals surface area contributed by atoms with E-state index in [-0.39, 0.29) is 23.5 Å². The molecule has 0 spiro atoms. The van der Waals surface area contributed by atoms with Gasteiger partial charge >= 0.3 is 0 Å². The smallest absolute Gasteiger partial charge is 0.255 e. The minimum absolute atomic E-state index is 0.0174. The van der Waals surface area contributed by atoms with Crippen molar-refractivity contribution < 1.29 is 14.7 Å². The number of carbonyl (C=O) groups excluding carboxylic acids is 2. The van der Waals surface area contributed by atoms with Crippen LogP contribution >= 0.6 is 0 Å². The van der Waals surface area contributed by atoms with E-state index in [2.05, 4.69) is 32.7 Å². The highest BCUT2D eigenvalue weighted by atomic mass is 16.3. The third-order valence-corrected chi connectivity index (χ3v) is 6.53. The summed E-state index contributed by atoms with van der Waals surface area (Å²) in [5.41, 5.74) is 3.46. The number of hydrogen-bond donors (Lipinski definition) is 4. The fourth-order valence-corrected chi connectivity index (χ4v) is 4.56. The fraction of sp³-hybridized carbons (Fsp3) is 0.214. The van der Waals surface area contributed by atoms with Crippen molar-refractivity contribution in [3.63, 3.8) is 0 Å². The predicted molar refractivity (Wildman–Crippen MR) is 137 cm³/mol. The maximum absolute atomic E-state index is 13.0. The number of likely N-dealkylation sites (tertiary alicyclic amines) is 1. The number of H-pyrrole nitrogens is 1. The molecule has 1 aliphatic rings. The van der Waals surface area contributed by atoms with E-state index >= 15 is 0 Å². The highest BCUT2D eigenvalue weighted by Crippen LogP contribution is 2.29. The highest BCUT2D eigenvalue weighted by Gasteiger charge is 2.26. The summed E-state index contributed by atoms with van der Waals surface area (Å²) in [7, 11) is 0. The third kappa shape index (κ3) is 5.36. The summed E-state index contributed by atoms with van der Waals surface area (Å²) in [6, 6.07) is 22.2. The van der Waals surface area contributed by atoms with Gasteiger partial charge in [0.1, 0.15) is 5.75 Å². The Labute approximate surface area is 203 Å². The monoisotopic (exact) mass is 468 g/mol. The minimum atomic E-state index is -0.295. The van der Waals surface area contributed by atoms with E-state index in [0.717, 1.165) is 43.4 Å². The molecule has 2 heterocycles. The summed E-state index contributed by atoms with van der Waals surface area (Å²) in [5, 5.41) is 16.8. The average Bonchev–Trinajstić information content (AvgIpc) is 3.35. The largest absolute Gasteiger partial charge is 0.508 e. The van der Waals surface area contributed by atoms with Gasteiger partial charge in [0.25, 0.3) is 5.91 Å². The summed E-state index contributed by atoms with van der Waals surface area (Å²) >= 11 is 0. The zero-order valence-electron chi connectivity index (χ0n) is 19.3. The molecule has 0 aliphatic carbocycles. The van der Waals surface area contributed by atoms with E-state index in [1.807, 2.05) is 36.5 Å². The maximum atomic E-state index is 13.0. The molecule has 1 aliphatic heterocycles. The number of nitrogens with zero attached hydrogens (tertiary/aromatic N) is 1. The molecule has 178 valence electrons. The Hall–Kier alpha value is -4.10. The topological polar surface area (TPSA) is 97.5 Å². The van der Waals surface area contributed by atoms with Crippen LogP contribution < -0.4 is 10.6 Å². The number of phenols is 1. The fourth-order valence-electron chi connectivity index (χ4n) is 4.56. The molecule has 0 saturated carbocycles. The summed E-state index contributed by atoms with van der Waals surface area (Å²) < 4.78 is 0. The van der Waals surface area contributed by atoms with Crippen LogP contribution in [0.15, 0.2) is 79.0 Å². The number of fused-ring (bicyclic) bond motifs is 1. The Kier molecular flexibility index (Phi) is 6.50. The highest BCUT2D eigenvalue weighted by molar-refractivity contribution is 6.08. The minimum Gasteiger partial charge on any atom is -0.508 e. The maximum Gasteiger partial charge on any atom is 0.255 e. The molecule has 4 aromatic rings. The molecule has 7 heteroatoms. The van der Waals surface area contributed by atoms with Crippen molar-refractivity contribution in [2.45, 2.75) is 19.4 Å². The van der Waals surface area contributed by atoms with Crippen molar-refractivity contribution in [2.75, 3.05) is 23.7 Å². The van der Waals surface area contributed by atoms with Gasteiger partial charge in [0.2, 0.25) is 5.91 Å². The van der Waals surface area contributed by atoms with Crippen molar-refractivity contribution >= 4 is 34.1 Å². The van der Waals surface area contributed by atoms with Crippen molar-refractivity contribution in [3.8, 4) is 5.75 Å². The number of hydrogen-bond acceptors (Lipinski definition) is 4. The van der Waals surface area contributed by atoms with E-state index in [9.17, 15) is 14.7 Å². The number of aromatic nitrogens is 1. The zero-order chi connectivity index (χ0) is 24.2. The Morgan fingerprint density at radius 2 is 1.71 bits per heavy atom. The molecule has 0 bridgehead atoms. The quantitative estimate of drug-likeness (QED) is 0.300. The standard InChI is InChI=1S/C28H28N4O3/c33-23-8-9-24(30-28(35)22-7-6-20-10-13-29-25(20)16-22)26(17-23)31-27(34)21-11-14-32(15-12-21)18-19-4-2-1-3-5-19/h1-10,13,16-17,21,29,33H,11-12,14-15,18H2,(H,30,35)(H,31,34). The molecule has 0 atom stereocenters. The van der Waals surface area contributed by atoms with Crippen LogP contribution in [0, 0.1) is 5.92 Å². The normalized spacial score (nSPS) is 14.6. The second kappa shape index (κ2) is 10.0. The lowest BCUT2D eigenvalue weighted by Gasteiger charge is -2.31.